The first kappa shape index (κ1) is 22.4. The fraction of sp³-hybridized carbons (Fsp3) is 0.947. The molecule has 0 radical (unpaired) electrons. The number of nitrogens with zero attached hydrogens (tertiary/aromatic N) is 1. The summed E-state index contributed by atoms with van der Waals surface area (Å²) >= 11 is 0. The third kappa shape index (κ3) is 16.0. The van der Waals surface area contributed by atoms with Gasteiger partial charge < -0.3 is 14.9 Å². The fourth-order valence-corrected chi connectivity index (χ4v) is 2.80. The lowest BCUT2D eigenvalue weighted by Crippen LogP contribution is -2.43. The van der Waals surface area contributed by atoms with Gasteiger partial charge in [-0.3, -0.25) is 4.79 Å². The van der Waals surface area contributed by atoms with Crippen LogP contribution in [0.1, 0.15) is 77.6 Å². The third-order valence-electron chi connectivity index (χ3n) is 4.48. The van der Waals surface area contributed by atoms with Crippen LogP contribution in [0.25, 0.3) is 0 Å². The SMILES string of the molecule is CCCCCCCCCCCC(=O)NCCC[N+](C)(C)CCO. The first-order valence-electron chi connectivity index (χ1n) is 9.71. The van der Waals surface area contributed by atoms with Gasteiger partial charge in [0.15, 0.2) is 0 Å². The van der Waals surface area contributed by atoms with E-state index in [-0.39, 0.29) is 12.5 Å². The molecule has 138 valence electrons. The third-order valence-corrected chi connectivity index (χ3v) is 4.48. The van der Waals surface area contributed by atoms with Crippen molar-refractivity contribution in [2.75, 3.05) is 40.3 Å². The molecule has 4 heteroatoms. The van der Waals surface area contributed by atoms with Crippen LogP contribution in [0.3, 0.4) is 0 Å². The van der Waals surface area contributed by atoms with Crippen LogP contribution < -0.4 is 5.32 Å². The largest absolute Gasteiger partial charge is 0.391 e. The Morgan fingerprint density at radius 2 is 1.43 bits per heavy atom. The molecule has 0 rings (SSSR count). The van der Waals surface area contributed by atoms with Crippen LogP contribution in [-0.2, 0) is 4.79 Å². The molecule has 0 atom stereocenters. The minimum atomic E-state index is 0.195. The number of aliphatic hydroxyl groups is 1. The number of hydrogen-bond donors (Lipinski definition) is 2. The maximum Gasteiger partial charge on any atom is 0.219 e. The number of nitrogens with one attached hydrogen (secondary N) is 1. The maximum atomic E-state index is 11.7. The van der Waals surface area contributed by atoms with Crippen LogP contribution in [-0.4, -0.2) is 55.8 Å². The average molecular weight is 330 g/mol. The quantitative estimate of drug-likeness (QED) is 0.336. The van der Waals surface area contributed by atoms with Crippen molar-refractivity contribution < 1.29 is 14.4 Å². The van der Waals surface area contributed by atoms with Crippen LogP contribution in [0.4, 0.5) is 0 Å². The first-order chi connectivity index (χ1) is 11.0. The highest BCUT2D eigenvalue weighted by Gasteiger charge is 2.13. The Balaban J connectivity index is 3.34. The second kappa shape index (κ2) is 14.9. The van der Waals surface area contributed by atoms with Crippen molar-refractivity contribution in [3.05, 3.63) is 0 Å². The molecular weight excluding hydrogens is 288 g/mol. The van der Waals surface area contributed by atoms with Crippen LogP contribution in [0.5, 0.6) is 0 Å². The average Bonchev–Trinajstić information content (AvgIpc) is 2.50. The topological polar surface area (TPSA) is 49.3 Å². The Kier molecular flexibility index (Phi) is 14.6. The molecule has 0 saturated heterocycles. The van der Waals surface area contributed by atoms with Crippen molar-refractivity contribution in [3.8, 4) is 0 Å². The summed E-state index contributed by atoms with van der Waals surface area (Å²) in [5.74, 6) is 0.195. The van der Waals surface area contributed by atoms with Crippen molar-refractivity contribution in [1.29, 1.82) is 0 Å². The molecule has 23 heavy (non-hydrogen) atoms. The summed E-state index contributed by atoms with van der Waals surface area (Å²) in [6.45, 7) is 4.98. The molecule has 4 nitrogen and oxygen atoms in total. The van der Waals surface area contributed by atoms with E-state index in [0.717, 1.165) is 37.0 Å². The predicted octanol–water partition coefficient (Wildman–Crippen LogP) is 3.48. The highest BCUT2D eigenvalue weighted by atomic mass is 16.3. The van der Waals surface area contributed by atoms with E-state index in [2.05, 4.69) is 26.3 Å². The van der Waals surface area contributed by atoms with Gasteiger partial charge in [0.2, 0.25) is 5.91 Å². The first-order valence-corrected chi connectivity index (χ1v) is 9.71. The molecule has 2 N–H and O–H groups in total. The molecule has 0 bridgehead atoms. The summed E-state index contributed by atoms with van der Waals surface area (Å²) in [5.41, 5.74) is 0. The van der Waals surface area contributed by atoms with Crippen molar-refractivity contribution in [1.82, 2.24) is 5.32 Å². The molecule has 0 saturated carbocycles. The zero-order chi connectivity index (χ0) is 17.4. The standard InChI is InChI=1S/C19H40N2O2/c1-4-5-6-7-8-9-10-11-12-14-19(23)20-15-13-16-21(2,3)17-18-22/h22H,4-18H2,1-3H3/p+1. The Morgan fingerprint density at radius 1 is 0.870 bits per heavy atom. The minimum Gasteiger partial charge on any atom is -0.391 e. The molecular formula is C19H41N2O2+. The van der Waals surface area contributed by atoms with E-state index in [9.17, 15) is 4.79 Å². The van der Waals surface area contributed by atoms with Crippen LogP contribution in [0.2, 0.25) is 0 Å². The number of rotatable bonds is 16. The van der Waals surface area contributed by atoms with Gasteiger partial charge in [0, 0.05) is 19.4 Å². The Bertz CT molecular complexity index is 281. The van der Waals surface area contributed by atoms with Crippen LogP contribution >= 0.6 is 0 Å². The lowest BCUT2D eigenvalue weighted by Gasteiger charge is -2.28. The van der Waals surface area contributed by atoms with E-state index < -0.39 is 0 Å². The van der Waals surface area contributed by atoms with E-state index >= 15 is 0 Å². The van der Waals surface area contributed by atoms with Crippen molar-refractivity contribution in [2.24, 2.45) is 0 Å². The van der Waals surface area contributed by atoms with E-state index in [1.807, 2.05) is 0 Å². The number of hydrogen-bond acceptors (Lipinski definition) is 2. The highest BCUT2D eigenvalue weighted by molar-refractivity contribution is 5.75. The van der Waals surface area contributed by atoms with Crippen molar-refractivity contribution in [3.63, 3.8) is 0 Å². The monoisotopic (exact) mass is 329 g/mol. The van der Waals surface area contributed by atoms with E-state index in [1.54, 1.807) is 0 Å². The van der Waals surface area contributed by atoms with E-state index in [0.29, 0.717) is 6.42 Å². The maximum absolute atomic E-state index is 11.7. The van der Waals surface area contributed by atoms with Gasteiger partial charge in [-0.1, -0.05) is 58.3 Å². The molecule has 0 fully saturated rings. The number of amides is 1. The molecule has 0 aliphatic carbocycles. The number of unbranched alkanes of at least 4 members (excludes halogenated alkanes) is 8. The fourth-order valence-electron chi connectivity index (χ4n) is 2.80. The van der Waals surface area contributed by atoms with E-state index in [1.165, 1.54) is 51.4 Å². The summed E-state index contributed by atoms with van der Waals surface area (Å²) in [7, 11) is 4.22. The van der Waals surface area contributed by atoms with Crippen LogP contribution in [0.15, 0.2) is 0 Å². The zero-order valence-corrected chi connectivity index (χ0v) is 15.9. The second-order valence-corrected chi connectivity index (χ2v) is 7.39. The summed E-state index contributed by atoms with van der Waals surface area (Å²) < 4.78 is 0.810. The molecule has 0 aromatic heterocycles. The molecule has 1 amide bonds. The number of aliphatic hydroxyl groups excluding tert-OH is 1. The van der Waals surface area contributed by atoms with Gasteiger partial charge in [0.25, 0.3) is 0 Å². The van der Waals surface area contributed by atoms with Gasteiger partial charge in [-0.2, -0.15) is 0 Å². The van der Waals surface area contributed by atoms with Gasteiger partial charge in [0.05, 0.1) is 27.2 Å². The second-order valence-electron chi connectivity index (χ2n) is 7.39. The van der Waals surface area contributed by atoms with Gasteiger partial charge in [-0.05, 0) is 6.42 Å². The zero-order valence-electron chi connectivity index (χ0n) is 15.9. The van der Waals surface area contributed by atoms with Gasteiger partial charge in [0.1, 0.15) is 6.54 Å². The molecule has 0 aliphatic rings. The number of quaternary nitrogens is 1. The number of likely N-dealkylation sites (N-methyl/N-ethyl adjacent to an activating group) is 1. The Hall–Kier alpha value is -0.610. The van der Waals surface area contributed by atoms with Gasteiger partial charge >= 0.3 is 0 Å². The molecule has 0 heterocycles. The summed E-state index contributed by atoms with van der Waals surface area (Å²) in [6, 6.07) is 0. The Labute approximate surface area is 144 Å². The summed E-state index contributed by atoms with van der Waals surface area (Å²) in [4.78, 5) is 11.7. The van der Waals surface area contributed by atoms with Crippen molar-refractivity contribution in [2.45, 2.75) is 77.6 Å². The lowest BCUT2D eigenvalue weighted by molar-refractivity contribution is -0.890. The Morgan fingerprint density at radius 3 is 2.00 bits per heavy atom. The molecule has 0 spiro atoms. The smallest absolute Gasteiger partial charge is 0.219 e. The molecule has 0 aromatic rings. The van der Waals surface area contributed by atoms with E-state index in [4.69, 9.17) is 5.11 Å². The van der Waals surface area contributed by atoms with Gasteiger partial charge in [-0.15, -0.1) is 0 Å². The summed E-state index contributed by atoms with van der Waals surface area (Å²) in [5, 5.41) is 12.0. The number of carbonyl (C=O) groups excluding carboxylic acids is 1. The molecule has 0 aliphatic heterocycles. The normalized spacial score (nSPS) is 11.7. The molecule has 0 unspecified atom stereocenters. The number of carbonyl (C=O) groups is 1. The molecule has 0 aromatic carbocycles. The highest BCUT2D eigenvalue weighted by Crippen LogP contribution is 2.10. The van der Waals surface area contributed by atoms with Crippen LogP contribution in [0, 0.1) is 0 Å². The lowest BCUT2D eigenvalue weighted by atomic mass is 10.1. The summed E-state index contributed by atoms with van der Waals surface area (Å²) in [6.07, 6.45) is 13.2. The minimum absolute atomic E-state index is 0.195. The van der Waals surface area contributed by atoms with Crippen molar-refractivity contribution >= 4 is 5.91 Å². The van der Waals surface area contributed by atoms with Gasteiger partial charge in [-0.25, -0.2) is 0 Å². The predicted molar refractivity (Wildman–Crippen MR) is 98.4 cm³/mol.